The van der Waals surface area contributed by atoms with Crippen molar-refractivity contribution in [1.29, 1.82) is 0 Å². The molecule has 0 N–H and O–H groups in total. The monoisotopic (exact) mass is 409 g/mol. The fraction of sp³-hybridized carbons (Fsp3) is 0.435. The zero-order chi connectivity index (χ0) is 21.0. The van der Waals surface area contributed by atoms with Crippen molar-refractivity contribution < 1.29 is 19.0 Å². The van der Waals surface area contributed by atoms with Crippen LogP contribution in [0.1, 0.15) is 31.9 Å². The first-order chi connectivity index (χ1) is 14.6. The van der Waals surface area contributed by atoms with E-state index in [0.29, 0.717) is 26.1 Å². The molecule has 1 aliphatic rings. The molecular weight excluding hydrogens is 382 g/mol. The van der Waals surface area contributed by atoms with Gasteiger partial charge in [-0.3, -0.25) is 4.79 Å². The van der Waals surface area contributed by atoms with Crippen LogP contribution in [-0.4, -0.2) is 46.8 Å². The number of ether oxygens (including phenoxy) is 3. The van der Waals surface area contributed by atoms with E-state index in [1.54, 1.807) is 17.9 Å². The Kier molecular flexibility index (Phi) is 6.11. The lowest BCUT2D eigenvalue weighted by molar-refractivity contribution is -0.208. The Bertz CT molecular complexity index is 978. The van der Waals surface area contributed by atoms with Crippen molar-refractivity contribution in [3.8, 4) is 0 Å². The summed E-state index contributed by atoms with van der Waals surface area (Å²) < 4.78 is 19.0. The fourth-order valence-corrected chi connectivity index (χ4v) is 4.15. The predicted octanol–water partition coefficient (Wildman–Crippen LogP) is 3.55. The second-order valence-corrected chi connectivity index (χ2v) is 8.02. The van der Waals surface area contributed by atoms with Gasteiger partial charge in [0.2, 0.25) is 0 Å². The summed E-state index contributed by atoms with van der Waals surface area (Å²) >= 11 is 0. The number of hydrogen-bond donors (Lipinski definition) is 0. The average molecular weight is 409 g/mol. The van der Waals surface area contributed by atoms with Crippen molar-refractivity contribution in [2.45, 2.75) is 38.8 Å². The van der Waals surface area contributed by atoms with Crippen LogP contribution in [0.25, 0.3) is 10.8 Å². The van der Waals surface area contributed by atoms with Gasteiger partial charge in [-0.05, 0) is 22.8 Å². The molecule has 2 atom stereocenters. The molecule has 7 heteroatoms. The first-order valence-corrected chi connectivity index (χ1v) is 10.3. The zero-order valence-corrected chi connectivity index (χ0v) is 17.4. The highest BCUT2D eigenvalue weighted by Crippen LogP contribution is 2.37. The van der Waals surface area contributed by atoms with Gasteiger partial charge in [0.1, 0.15) is 25.6 Å². The van der Waals surface area contributed by atoms with E-state index in [9.17, 15) is 4.79 Å². The quantitative estimate of drug-likeness (QED) is 0.556. The molecule has 0 amide bonds. The van der Waals surface area contributed by atoms with Crippen molar-refractivity contribution in [1.82, 2.24) is 14.8 Å². The number of nitrogens with zero attached hydrogens (tertiary/aromatic N) is 3. The molecule has 3 aromatic rings. The molecule has 7 nitrogen and oxygen atoms in total. The number of fused-ring (bicyclic) bond motifs is 1. The minimum absolute atomic E-state index is 0.251. The van der Waals surface area contributed by atoms with Crippen LogP contribution in [0, 0.1) is 5.41 Å². The summed E-state index contributed by atoms with van der Waals surface area (Å²) in [5, 5.41) is 6.75. The van der Waals surface area contributed by atoms with Crippen LogP contribution in [0.2, 0.25) is 0 Å². The molecule has 0 bridgehead atoms. The second-order valence-electron chi connectivity index (χ2n) is 8.02. The van der Waals surface area contributed by atoms with E-state index in [1.807, 2.05) is 19.1 Å². The van der Waals surface area contributed by atoms with E-state index in [2.05, 4.69) is 40.4 Å². The number of rotatable bonds is 7. The first kappa shape index (κ1) is 20.5. The molecule has 158 valence electrons. The maximum Gasteiger partial charge on any atom is 0.305 e. The summed E-state index contributed by atoms with van der Waals surface area (Å²) in [6, 6.07) is 14.3. The Morgan fingerprint density at radius 2 is 1.97 bits per heavy atom. The van der Waals surface area contributed by atoms with E-state index in [4.69, 9.17) is 14.2 Å². The van der Waals surface area contributed by atoms with Crippen LogP contribution in [0.5, 0.6) is 0 Å². The summed E-state index contributed by atoms with van der Waals surface area (Å²) in [6.07, 6.45) is 3.61. The molecule has 2 heterocycles. The Labute approximate surface area is 176 Å². The summed E-state index contributed by atoms with van der Waals surface area (Å²) in [5.41, 5.74) is 0.650. The molecule has 0 spiro atoms. The van der Waals surface area contributed by atoms with Crippen LogP contribution < -0.4 is 0 Å². The van der Waals surface area contributed by atoms with E-state index in [0.717, 1.165) is 5.56 Å². The van der Waals surface area contributed by atoms with Crippen molar-refractivity contribution >= 4 is 16.7 Å². The Morgan fingerprint density at radius 1 is 1.20 bits per heavy atom. The van der Waals surface area contributed by atoms with Gasteiger partial charge in [-0.15, -0.1) is 0 Å². The Hall–Kier alpha value is -2.77. The van der Waals surface area contributed by atoms with E-state index >= 15 is 0 Å². The Morgan fingerprint density at radius 3 is 2.70 bits per heavy atom. The molecule has 0 radical (unpaired) electrons. The maximum absolute atomic E-state index is 12.4. The highest BCUT2D eigenvalue weighted by atomic mass is 16.7. The highest BCUT2D eigenvalue weighted by Gasteiger charge is 2.45. The number of carbonyl (C=O) groups excluding carboxylic acids is 1. The van der Waals surface area contributed by atoms with Gasteiger partial charge >= 0.3 is 5.97 Å². The van der Waals surface area contributed by atoms with Crippen LogP contribution in [0.4, 0.5) is 0 Å². The van der Waals surface area contributed by atoms with Crippen LogP contribution in [-0.2, 0) is 25.4 Å². The topological polar surface area (TPSA) is 75.5 Å². The number of aromatic nitrogens is 3. The molecule has 1 aliphatic heterocycles. The molecule has 2 unspecified atom stereocenters. The molecule has 0 saturated carbocycles. The first-order valence-electron chi connectivity index (χ1n) is 10.3. The zero-order valence-electron chi connectivity index (χ0n) is 17.4. The molecular formula is C23H27N3O4. The van der Waals surface area contributed by atoms with Gasteiger partial charge in [-0.2, -0.15) is 5.10 Å². The summed E-state index contributed by atoms with van der Waals surface area (Å²) in [7, 11) is 0. The minimum Gasteiger partial charge on any atom is -0.459 e. The van der Waals surface area contributed by atoms with Gasteiger partial charge in [0.05, 0.1) is 24.7 Å². The minimum atomic E-state index is -0.510. The number of esters is 1. The van der Waals surface area contributed by atoms with Crippen LogP contribution >= 0.6 is 0 Å². The van der Waals surface area contributed by atoms with Gasteiger partial charge in [0, 0.05) is 6.42 Å². The molecule has 30 heavy (non-hydrogen) atoms. The van der Waals surface area contributed by atoms with E-state index in [-0.39, 0.29) is 18.8 Å². The normalized spacial score (nSPS) is 18.1. The van der Waals surface area contributed by atoms with Gasteiger partial charge in [0.15, 0.2) is 0 Å². The number of hydrogen-bond acceptors (Lipinski definition) is 6. The highest BCUT2D eigenvalue weighted by molar-refractivity contribution is 5.85. The van der Waals surface area contributed by atoms with Crippen molar-refractivity contribution in [3.63, 3.8) is 0 Å². The summed E-state index contributed by atoms with van der Waals surface area (Å²) in [4.78, 5) is 16.5. The lowest BCUT2D eigenvalue weighted by atomic mass is 9.79. The fourth-order valence-electron chi connectivity index (χ4n) is 4.15. The van der Waals surface area contributed by atoms with Crippen molar-refractivity contribution in [2.75, 3.05) is 20.0 Å². The predicted molar refractivity (Wildman–Crippen MR) is 112 cm³/mol. The molecule has 4 rings (SSSR count). The van der Waals surface area contributed by atoms with Gasteiger partial charge < -0.3 is 14.2 Å². The summed E-state index contributed by atoms with van der Waals surface area (Å²) in [5.74, 6) is -0.255. The van der Waals surface area contributed by atoms with Gasteiger partial charge in [-0.1, -0.05) is 56.3 Å². The lowest BCUT2D eigenvalue weighted by Crippen LogP contribution is -2.51. The number of carbonyl (C=O) groups is 1. The third-order valence-corrected chi connectivity index (χ3v) is 5.70. The molecule has 1 fully saturated rings. The van der Waals surface area contributed by atoms with Crippen LogP contribution in [0.15, 0.2) is 55.1 Å². The van der Waals surface area contributed by atoms with E-state index < -0.39 is 11.5 Å². The maximum atomic E-state index is 12.4. The Balaban J connectivity index is 1.76. The SMILES string of the molecule is CCC(=O)OC(C(Cc1cccc2ccccc12)n1cncn1)C1(C)COCOC1. The van der Waals surface area contributed by atoms with Crippen molar-refractivity contribution in [3.05, 3.63) is 60.7 Å². The molecule has 0 aliphatic carbocycles. The lowest BCUT2D eigenvalue weighted by Gasteiger charge is -2.42. The van der Waals surface area contributed by atoms with Gasteiger partial charge in [-0.25, -0.2) is 9.67 Å². The van der Waals surface area contributed by atoms with Gasteiger partial charge in [0.25, 0.3) is 0 Å². The summed E-state index contributed by atoms with van der Waals surface area (Å²) in [6.45, 7) is 4.96. The standard InChI is InChI=1S/C23H27N3O4/c1-3-21(27)30-22(23(2)12-28-16-29-13-23)20(26-15-24-14-25-26)11-18-9-6-8-17-7-4-5-10-19(17)18/h4-10,14-15,20,22H,3,11-13,16H2,1-2H3. The third kappa shape index (κ3) is 4.22. The second kappa shape index (κ2) is 8.93. The third-order valence-electron chi connectivity index (χ3n) is 5.70. The molecule has 1 aromatic heterocycles. The van der Waals surface area contributed by atoms with Crippen LogP contribution in [0.3, 0.4) is 0 Å². The molecule has 2 aromatic carbocycles. The number of benzene rings is 2. The smallest absolute Gasteiger partial charge is 0.305 e. The van der Waals surface area contributed by atoms with E-state index in [1.165, 1.54) is 17.1 Å². The average Bonchev–Trinajstić information content (AvgIpc) is 3.31. The largest absolute Gasteiger partial charge is 0.459 e. The molecule has 1 saturated heterocycles. The van der Waals surface area contributed by atoms with Crippen molar-refractivity contribution in [2.24, 2.45) is 5.41 Å².